The van der Waals surface area contributed by atoms with Gasteiger partial charge in [0.05, 0.1) is 22.4 Å². The second-order valence-corrected chi connectivity index (χ2v) is 10.0. The number of ketones is 2. The Balaban J connectivity index is 1.47. The maximum absolute atomic E-state index is 14.0. The van der Waals surface area contributed by atoms with Crippen LogP contribution in [0.15, 0.2) is 118 Å². The Bertz CT molecular complexity index is 2150. The van der Waals surface area contributed by atoms with E-state index in [-0.39, 0.29) is 11.6 Å². The standard InChI is InChI=1S/C34H22N4O2/c1-2-38-26-18-10-6-14-22(26)34(40)32(38)30-28(20-12-4-8-16-24(20)36-30)27-19-11-3-7-15-23(19)35-29(27)31-33(39)21-13-5-9-17-25(21)37-31/h3-18,35H,2H2,1H3/b32-30+. The van der Waals surface area contributed by atoms with Gasteiger partial charge in [0.15, 0.2) is 0 Å². The molecule has 0 saturated heterocycles. The number of nitrogens with zero attached hydrogens (tertiary/aromatic N) is 3. The van der Waals surface area contributed by atoms with E-state index in [4.69, 9.17) is 9.98 Å². The summed E-state index contributed by atoms with van der Waals surface area (Å²) in [7, 11) is 0. The first-order chi connectivity index (χ1) is 19.7. The van der Waals surface area contributed by atoms with Gasteiger partial charge in [0.1, 0.15) is 17.1 Å². The molecule has 0 fully saturated rings. The van der Waals surface area contributed by atoms with Crippen LogP contribution in [-0.4, -0.2) is 28.8 Å². The number of aromatic amines is 1. The number of H-pyrrole nitrogens is 1. The van der Waals surface area contributed by atoms with E-state index in [1.165, 1.54) is 0 Å². The van der Waals surface area contributed by atoms with Gasteiger partial charge in [-0.15, -0.1) is 0 Å². The van der Waals surface area contributed by atoms with E-state index in [2.05, 4.69) is 4.98 Å². The molecular weight excluding hydrogens is 496 g/mol. The predicted octanol–water partition coefficient (Wildman–Crippen LogP) is 5.25. The number of benzene rings is 4. The number of hydrogen-bond donors (Lipinski definition) is 1. The fraction of sp³-hybridized carbons (Fsp3) is 0.0588. The van der Waals surface area contributed by atoms with Gasteiger partial charge in [0, 0.05) is 44.9 Å². The van der Waals surface area contributed by atoms with Gasteiger partial charge in [0.25, 0.3) is 0 Å². The van der Waals surface area contributed by atoms with Gasteiger partial charge >= 0.3 is 0 Å². The van der Waals surface area contributed by atoms with Crippen molar-refractivity contribution in [2.75, 3.05) is 11.4 Å². The van der Waals surface area contributed by atoms with Crippen LogP contribution in [0.3, 0.4) is 0 Å². The average Bonchev–Trinajstić information content (AvgIpc) is 3.72. The lowest BCUT2D eigenvalue weighted by atomic mass is 9.93. The maximum atomic E-state index is 14.0. The molecule has 8 rings (SSSR count). The second-order valence-electron chi connectivity index (χ2n) is 10.0. The number of anilines is 1. The van der Waals surface area contributed by atoms with Crippen molar-refractivity contribution < 1.29 is 9.59 Å². The summed E-state index contributed by atoms with van der Waals surface area (Å²) in [4.78, 5) is 43.1. The molecule has 4 aromatic carbocycles. The third kappa shape index (κ3) is 2.98. The SMILES string of the molecule is CCN1/C(=C2/N=c3ccccc3=C2c2c(C3=Nc4ccccc4C3=O)[nH]c3ccccc23)C(=O)c2ccccc21. The Labute approximate surface area is 229 Å². The Kier molecular flexibility index (Phi) is 4.70. The van der Waals surface area contributed by atoms with Crippen molar-refractivity contribution in [1.82, 2.24) is 4.98 Å². The molecule has 0 spiro atoms. The number of aromatic nitrogens is 1. The van der Waals surface area contributed by atoms with Crippen LogP contribution in [0, 0.1) is 0 Å². The molecule has 3 aliphatic heterocycles. The molecule has 0 atom stereocenters. The van der Waals surface area contributed by atoms with E-state index < -0.39 is 0 Å². The number of rotatable bonds is 3. The van der Waals surface area contributed by atoms with E-state index in [1.807, 2.05) is 109 Å². The van der Waals surface area contributed by atoms with Crippen molar-refractivity contribution in [1.29, 1.82) is 0 Å². The highest BCUT2D eigenvalue weighted by atomic mass is 16.1. The first-order valence-corrected chi connectivity index (χ1v) is 13.3. The Morgan fingerprint density at radius 2 is 1.48 bits per heavy atom. The summed E-state index contributed by atoms with van der Waals surface area (Å²) in [6.45, 7) is 2.65. The number of para-hydroxylation sites is 4. The largest absolute Gasteiger partial charge is 0.353 e. The van der Waals surface area contributed by atoms with Gasteiger partial charge in [-0.3, -0.25) is 9.59 Å². The molecule has 6 nitrogen and oxygen atoms in total. The second kappa shape index (κ2) is 8.32. The van der Waals surface area contributed by atoms with Crippen molar-refractivity contribution in [2.24, 2.45) is 9.98 Å². The molecule has 6 heteroatoms. The maximum Gasteiger partial charge on any atom is 0.215 e. The molecule has 0 saturated carbocycles. The molecule has 0 amide bonds. The minimum Gasteiger partial charge on any atom is -0.353 e. The smallest absolute Gasteiger partial charge is 0.215 e. The number of fused-ring (bicyclic) bond motifs is 4. The third-order valence-corrected chi connectivity index (χ3v) is 7.90. The van der Waals surface area contributed by atoms with Gasteiger partial charge in [-0.1, -0.05) is 60.7 Å². The summed E-state index contributed by atoms with van der Waals surface area (Å²) in [5.74, 6) is -0.175. The summed E-state index contributed by atoms with van der Waals surface area (Å²) < 4.78 is 0. The number of allylic oxidation sites excluding steroid dienone is 2. The Morgan fingerprint density at radius 3 is 2.33 bits per heavy atom. The summed E-state index contributed by atoms with van der Waals surface area (Å²) in [5, 5.41) is 2.65. The summed E-state index contributed by atoms with van der Waals surface area (Å²) in [5.41, 5.74) is 7.48. The van der Waals surface area contributed by atoms with E-state index in [1.54, 1.807) is 0 Å². The van der Waals surface area contributed by atoms with Gasteiger partial charge in [-0.2, -0.15) is 0 Å². The zero-order valence-electron chi connectivity index (χ0n) is 21.6. The molecule has 0 unspecified atom stereocenters. The first-order valence-electron chi connectivity index (χ1n) is 13.3. The van der Waals surface area contributed by atoms with Crippen LogP contribution in [0.25, 0.3) is 16.5 Å². The van der Waals surface area contributed by atoms with Crippen LogP contribution in [0.1, 0.15) is 38.9 Å². The molecule has 0 radical (unpaired) electrons. The monoisotopic (exact) mass is 518 g/mol. The third-order valence-electron chi connectivity index (χ3n) is 7.90. The quantitative estimate of drug-likeness (QED) is 0.332. The first kappa shape index (κ1) is 22.6. The molecule has 1 N–H and O–H groups in total. The highest BCUT2D eigenvalue weighted by Gasteiger charge is 2.38. The van der Waals surface area contributed by atoms with E-state index in [0.29, 0.717) is 46.2 Å². The fourth-order valence-electron chi connectivity index (χ4n) is 6.16. The number of nitrogens with one attached hydrogen (secondary N) is 1. The Morgan fingerprint density at radius 1 is 0.750 bits per heavy atom. The van der Waals surface area contributed by atoms with Crippen LogP contribution < -0.4 is 15.5 Å². The van der Waals surface area contributed by atoms with Crippen LogP contribution in [0.4, 0.5) is 11.4 Å². The molecule has 0 aliphatic carbocycles. The topological polar surface area (TPSA) is 77.9 Å². The van der Waals surface area contributed by atoms with Gasteiger partial charge in [0.2, 0.25) is 11.6 Å². The molecule has 5 aromatic rings. The average molecular weight is 519 g/mol. The Hall–Kier alpha value is -5.36. The van der Waals surface area contributed by atoms with Crippen LogP contribution in [-0.2, 0) is 0 Å². The fourth-order valence-corrected chi connectivity index (χ4v) is 6.16. The van der Waals surface area contributed by atoms with Gasteiger partial charge < -0.3 is 9.88 Å². The highest BCUT2D eigenvalue weighted by Crippen LogP contribution is 2.42. The lowest BCUT2D eigenvalue weighted by Gasteiger charge is -2.20. The summed E-state index contributed by atoms with van der Waals surface area (Å²) in [6.07, 6.45) is 0. The van der Waals surface area contributed by atoms with Crippen LogP contribution in [0.5, 0.6) is 0 Å². The lowest BCUT2D eigenvalue weighted by molar-refractivity contribution is 0.103. The summed E-state index contributed by atoms with van der Waals surface area (Å²) in [6, 6.07) is 31.0. The van der Waals surface area contributed by atoms with Crippen molar-refractivity contribution in [3.63, 3.8) is 0 Å². The number of hydrogen-bond acceptors (Lipinski definition) is 5. The molecule has 3 aliphatic rings. The number of carbonyl (C=O) groups excluding carboxylic acids is 2. The van der Waals surface area contributed by atoms with Gasteiger partial charge in [-0.05, 0) is 43.3 Å². The predicted molar refractivity (Wildman–Crippen MR) is 156 cm³/mol. The molecular formula is C34H22N4O2. The minimum atomic E-state index is -0.124. The molecule has 190 valence electrons. The number of Topliss-reactive ketones (excluding diaryl/α,β-unsaturated/α-hetero) is 2. The molecule has 1 aromatic heterocycles. The highest BCUT2D eigenvalue weighted by molar-refractivity contribution is 6.55. The number of aliphatic imine (C=N–C) groups is 1. The minimum absolute atomic E-state index is 0.0513. The van der Waals surface area contributed by atoms with Crippen molar-refractivity contribution in [3.8, 4) is 0 Å². The molecule has 40 heavy (non-hydrogen) atoms. The van der Waals surface area contributed by atoms with Gasteiger partial charge in [-0.25, -0.2) is 9.98 Å². The van der Waals surface area contributed by atoms with Crippen LogP contribution in [0.2, 0.25) is 0 Å². The molecule has 4 heterocycles. The zero-order valence-corrected chi connectivity index (χ0v) is 21.6. The van der Waals surface area contributed by atoms with Crippen molar-refractivity contribution in [2.45, 2.75) is 6.92 Å². The lowest BCUT2D eigenvalue weighted by Crippen LogP contribution is -2.24. The molecule has 0 bridgehead atoms. The summed E-state index contributed by atoms with van der Waals surface area (Å²) >= 11 is 0. The zero-order chi connectivity index (χ0) is 27.0. The van der Waals surface area contributed by atoms with Crippen molar-refractivity contribution in [3.05, 3.63) is 141 Å². The van der Waals surface area contributed by atoms with E-state index >= 15 is 0 Å². The van der Waals surface area contributed by atoms with Crippen molar-refractivity contribution >= 4 is 45.1 Å². The number of likely N-dealkylation sites (N-methyl/N-ethyl adjacent to an activating group) is 1. The number of carbonyl (C=O) groups is 2. The normalized spacial score (nSPS) is 17.3. The van der Waals surface area contributed by atoms with E-state index in [0.717, 1.165) is 38.3 Å². The van der Waals surface area contributed by atoms with Crippen LogP contribution >= 0.6 is 0 Å². The van der Waals surface area contributed by atoms with E-state index in [9.17, 15) is 9.59 Å².